The van der Waals surface area contributed by atoms with E-state index in [4.69, 9.17) is 9.15 Å². The largest absolute Gasteiger partial charge is 0.497 e. The van der Waals surface area contributed by atoms with Crippen molar-refractivity contribution in [2.45, 2.75) is 12.3 Å². The molecule has 3 aromatic carbocycles. The summed E-state index contributed by atoms with van der Waals surface area (Å²) in [6.07, 6.45) is 2.70. The van der Waals surface area contributed by atoms with Gasteiger partial charge in [0, 0.05) is 17.0 Å². The van der Waals surface area contributed by atoms with E-state index in [9.17, 15) is 4.79 Å². The second-order valence-electron chi connectivity index (χ2n) is 6.94. The van der Waals surface area contributed by atoms with E-state index >= 15 is 0 Å². The van der Waals surface area contributed by atoms with Crippen molar-refractivity contribution >= 4 is 10.8 Å². The molecule has 0 saturated heterocycles. The van der Waals surface area contributed by atoms with Crippen LogP contribution in [0.1, 0.15) is 17.0 Å². The van der Waals surface area contributed by atoms with Crippen molar-refractivity contribution in [2.75, 3.05) is 7.11 Å². The van der Waals surface area contributed by atoms with E-state index in [1.165, 1.54) is 5.56 Å². The summed E-state index contributed by atoms with van der Waals surface area (Å²) in [5, 5.41) is 1.48. The highest BCUT2D eigenvalue weighted by atomic mass is 16.5. The third kappa shape index (κ3) is 3.72. The molecule has 1 aromatic heterocycles. The van der Waals surface area contributed by atoms with Crippen LogP contribution in [0.2, 0.25) is 0 Å². The van der Waals surface area contributed by atoms with Crippen LogP contribution >= 0.6 is 0 Å². The zero-order valence-corrected chi connectivity index (χ0v) is 16.3. The fourth-order valence-electron chi connectivity index (χ4n) is 3.72. The van der Waals surface area contributed by atoms with Crippen LogP contribution in [0.5, 0.6) is 5.75 Å². The summed E-state index contributed by atoms with van der Waals surface area (Å²) in [7, 11) is 1.63. The Hall–Kier alpha value is -3.59. The Morgan fingerprint density at radius 1 is 0.931 bits per heavy atom. The Kier molecular flexibility index (Phi) is 5.30. The maximum Gasteiger partial charge on any atom is 0.344 e. The van der Waals surface area contributed by atoms with Crippen molar-refractivity contribution in [1.82, 2.24) is 0 Å². The molecule has 144 valence electrons. The first-order valence-corrected chi connectivity index (χ1v) is 9.58. The Balaban J connectivity index is 1.94. The standard InChI is InChI=1S/C26H22O3/c1-3-19(17-18-9-5-4-6-10-18)24-22-11-7-8-12-23(22)26(27)29-25(24)20-13-15-21(28-2)16-14-20/h3-16,19H,1,17H2,2H3. The summed E-state index contributed by atoms with van der Waals surface area (Å²) < 4.78 is 11.1. The molecule has 0 amide bonds. The summed E-state index contributed by atoms with van der Waals surface area (Å²) in [4.78, 5) is 12.7. The van der Waals surface area contributed by atoms with Gasteiger partial charge in [-0.2, -0.15) is 0 Å². The van der Waals surface area contributed by atoms with Gasteiger partial charge in [0.1, 0.15) is 11.5 Å². The molecule has 0 spiro atoms. The highest BCUT2D eigenvalue weighted by Gasteiger charge is 2.21. The molecule has 0 aliphatic heterocycles. The minimum Gasteiger partial charge on any atom is -0.497 e. The van der Waals surface area contributed by atoms with Crippen LogP contribution in [-0.4, -0.2) is 7.11 Å². The van der Waals surface area contributed by atoms with Gasteiger partial charge < -0.3 is 9.15 Å². The SMILES string of the molecule is C=CC(Cc1ccccc1)c1c(-c2ccc(OC)cc2)oc(=O)c2ccccc12. The Bertz CT molecular complexity index is 1190. The monoisotopic (exact) mass is 382 g/mol. The quantitative estimate of drug-likeness (QED) is 0.385. The van der Waals surface area contributed by atoms with Crippen LogP contribution < -0.4 is 10.4 Å². The Morgan fingerprint density at radius 3 is 2.24 bits per heavy atom. The molecular formula is C26H22O3. The maximum atomic E-state index is 12.7. The fraction of sp³-hybridized carbons (Fsp3) is 0.115. The molecule has 0 aliphatic rings. The van der Waals surface area contributed by atoms with E-state index in [0.717, 1.165) is 28.7 Å². The van der Waals surface area contributed by atoms with Gasteiger partial charge in [-0.05, 0) is 47.7 Å². The smallest absolute Gasteiger partial charge is 0.344 e. The lowest BCUT2D eigenvalue weighted by Crippen LogP contribution is -2.09. The summed E-state index contributed by atoms with van der Waals surface area (Å²) in [5.41, 5.74) is 2.68. The minimum atomic E-state index is -0.335. The number of benzene rings is 3. The van der Waals surface area contributed by atoms with Crippen LogP contribution in [0.25, 0.3) is 22.1 Å². The molecule has 4 aromatic rings. The van der Waals surface area contributed by atoms with Crippen molar-refractivity contribution in [3.63, 3.8) is 0 Å². The number of allylic oxidation sites excluding steroid dienone is 1. The number of hydrogen-bond donors (Lipinski definition) is 0. The predicted molar refractivity (Wildman–Crippen MR) is 118 cm³/mol. The number of fused-ring (bicyclic) bond motifs is 1. The lowest BCUT2D eigenvalue weighted by atomic mass is 9.86. The summed E-state index contributed by atoms with van der Waals surface area (Å²) in [6.45, 7) is 4.09. The molecule has 3 heteroatoms. The minimum absolute atomic E-state index is 0.0104. The first kappa shape index (κ1) is 18.8. The molecule has 3 nitrogen and oxygen atoms in total. The van der Waals surface area contributed by atoms with Crippen LogP contribution in [-0.2, 0) is 6.42 Å². The molecule has 0 fully saturated rings. The van der Waals surface area contributed by atoms with Crippen molar-refractivity contribution < 1.29 is 9.15 Å². The lowest BCUT2D eigenvalue weighted by molar-refractivity contribution is 0.415. The zero-order valence-electron chi connectivity index (χ0n) is 16.3. The van der Waals surface area contributed by atoms with Crippen LogP contribution in [0.4, 0.5) is 0 Å². The van der Waals surface area contributed by atoms with Crippen LogP contribution in [0, 0.1) is 0 Å². The topological polar surface area (TPSA) is 39.4 Å². The second kappa shape index (κ2) is 8.19. The molecule has 29 heavy (non-hydrogen) atoms. The van der Waals surface area contributed by atoms with Gasteiger partial charge in [-0.3, -0.25) is 0 Å². The van der Waals surface area contributed by atoms with E-state index in [-0.39, 0.29) is 11.5 Å². The predicted octanol–water partition coefficient (Wildman–Crippen LogP) is 5.98. The van der Waals surface area contributed by atoms with Crippen molar-refractivity contribution in [3.8, 4) is 17.1 Å². The van der Waals surface area contributed by atoms with E-state index in [1.807, 2.05) is 72.8 Å². The van der Waals surface area contributed by atoms with E-state index < -0.39 is 0 Å². The summed E-state index contributed by atoms with van der Waals surface area (Å²) in [6, 6.07) is 25.4. The number of ether oxygens (including phenoxy) is 1. The molecule has 0 radical (unpaired) electrons. The third-order valence-corrected chi connectivity index (χ3v) is 5.18. The summed E-state index contributed by atoms with van der Waals surface area (Å²) in [5.74, 6) is 1.32. The lowest BCUT2D eigenvalue weighted by Gasteiger charge is -2.19. The molecule has 4 rings (SSSR count). The van der Waals surface area contributed by atoms with Gasteiger partial charge in [-0.25, -0.2) is 4.79 Å². The molecule has 0 aliphatic carbocycles. The molecule has 1 unspecified atom stereocenters. The number of rotatable bonds is 6. The van der Waals surface area contributed by atoms with E-state index in [2.05, 4.69) is 18.7 Å². The average molecular weight is 382 g/mol. The molecule has 0 saturated carbocycles. The van der Waals surface area contributed by atoms with Gasteiger partial charge in [-0.15, -0.1) is 6.58 Å². The van der Waals surface area contributed by atoms with Gasteiger partial charge in [0.05, 0.1) is 12.5 Å². The molecular weight excluding hydrogens is 360 g/mol. The van der Waals surface area contributed by atoms with Gasteiger partial charge in [0.2, 0.25) is 0 Å². The molecule has 1 atom stereocenters. The fourth-order valence-corrected chi connectivity index (χ4v) is 3.72. The second-order valence-corrected chi connectivity index (χ2v) is 6.94. The van der Waals surface area contributed by atoms with E-state index in [0.29, 0.717) is 11.1 Å². The maximum absolute atomic E-state index is 12.7. The molecule has 1 heterocycles. The van der Waals surface area contributed by atoms with Crippen molar-refractivity contribution in [3.05, 3.63) is 113 Å². The molecule has 0 N–H and O–H groups in total. The summed E-state index contributed by atoms with van der Waals surface area (Å²) >= 11 is 0. The highest BCUT2D eigenvalue weighted by Crippen LogP contribution is 2.36. The Morgan fingerprint density at radius 2 is 1.59 bits per heavy atom. The van der Waals surface area contributed by atoms with Gasteiger partial charge >= 0.3 is 5.63 Å². The number of methoxy groups -OCH3 is 1. The average Bonchev–Trinajstić information content (AvgIpc) is 2.78. The first-order valence-electron chi connectivity index (χ1n) is 9.58. The van der Waals surface area contributed by atoms with Crippen LogP contribution in [0.3, 0.4) is 0 Å². The third-order valence-electron chi connectivity index (χ3n) is 5.18. The van der Waals surface area contributed by atoms with Gasteiger partial charge in [-0.1, -0.05) is 54.6 Å². The van der Waals surface area contributed by atoms with E-state index in [1.54, 1.807) is 7.11 Å². The number of hydrogen-bond acceptors (Lipinski definition) is 3. The van der Waals surface area contributed by atoms with Crippen LogP contribution in [0.15, 0.2) is 101 Å². The van der Waals surface area contributed by atoms with Crippen molar-refractivity contribution in [1.29, 1.82) is 0 Å². The highest BCUT2D eigenvalue weighted by molar-refractivity contribution is 5.89. The van der Waals surface area contributed by atoms with Gasteiger partial charge in [0.15, 0.2) is 0 Å². The molecule has 0 bridgehead atoms. The first-order chi connectivity index (χ1) is 14.2. The van der Waals surface area contributed by atoms with Gasteiger partial charge in [0.25, 0.3) is 0 Å². The normalized spacial score (nSPS) is 11.9. The van der Waals surface area contributed by atoms with Crippen molar-refractivity contribution in [2.24, 2.45) is 0 Å². The zero-order chi connectivity index (χ0) is 20.2. The Labute approximate surface area is 169 Å².